The predicted octanol–water partition coefficient (Wildman–Crippen LogP) is 3.39. The second kappa shape index (κ2) is 5.05. The Kier molecular flexibility index (Phi) is 3.23. The fraction of sp³-hybridized carbons (Fsp3) is 0.214. The van der Waals surface area contributed by atoms with Crippen LogP contribution in [0.1, 0.15) is 17.2 Å². The Labute approximate surface area is 121 Å². The average molecular weight is 285 g/mol. The van der Waals surface area contributed by atoms with Crippen LogP contribution < -0.4 is 5.32 Å². The van der Waals surface area contributed by atoms with Gasteiger partial charge in [-0.2, -0.15) is 9.47 Å². The molecule has 0 atom stereocenters. The highest BCUT2D eigenvalue weighted by atomic mass is 32.1. The van der Waals surface area contributed by atoms with Gasteiger partial charge < -0.3 is 5.32 Å². The summed E-state index contributed by atoms with van der Waals surface area (Å²) in [6.45, 7) is 5.92. The van der Waals surface area contributed by atoms with Crippen molar-refractivity contribution < 1.29 is 0 Å². The predicted molar refractivity (Wildman–Crippen MR) is 81.0 cm³/mol. The third-order valence-electron chi connectivity index (χ3n) is 3.05. The third kappa shape index (κ3) is 2.30. The van der Waals surface area contributed by atoms with Crippen molar-refractivity contribution in [3.05, 3.63) is 47.5 Å². The number of nitrogens with one attached hydrogen (secondary N) is 1. The number of rotatable bonds is 3. The van der Waals surface area contributed by atoms with E-state index < -0.39 is 0 Å². The average Bonchev–Trinajstić information content (AvgIpc) is 2.98. The molecule has 0 aliphatic rings. The number of aromatic nitrogens is 4. The van der Waals surface area contributed by atoms with E-state index in [4.69, 9.17) is 0 Å². The van der Waals surface area contributed by atoms with Gasteiger partial charge in [-0.3, -0.25) is 0 Å². The SMILES string of the molecule is Cc1nsc(Nc2c(C)nn(-c3ccccc3)c2C)n1. The Morgan fingerprint density at radius 2 is 1.85 bits per heavy atom. The zero-order chi connectivity index (χ0) is 14.1. The molecule has 0 bridgehead atoms. The minimum atomic E-state index is 0.781. The van der Waals surface area contributed by atoms with E-state index in [1.807, 2.05) is 55.8 Å². The molecule has 0 saturated heterocycles. The first-order valence-corrected chi connectivity index (χ1v) is 7.11. The fourth-order valence-corrected chi connectivity index (χ4v) is 2.68. The van der Waals surface area contributed by atoms with Crippen molar-refractivity contribution in [1.29, 1.82) is 0 Å². The van der Waals surface area contributed by atoms with Crippen LogP contribution in [-0.2, 0) is 0 Å². The summed E-state index contributed by atoms with van der Waals surface area (Å²) in [6, 6.07) is 10.1. The van der Waals surface area contributed by atoms with Gasteiger partial charge in [-0.15, -0.1) is 0 Å². The highest BCUT2D eigenvalue weighted by Crippen LogP contribution is 2.26. The number of anilines is 2. The summed E-state index contributed by atoms with van der Waals surface area (Å²) in [5.74, 6) is 0.781. The lowest BCUT2D eigenvalue weighted by Crippen LogP contribution is -1.99. The number of hydrogen-bond donors (Lipinski definition) is 1. The van der Waals surface area contributed by atoms with Gasteiger partial charge in [0.15, 0.2) is 0 Å². The van der Waals surface area contributed by atoms with E-state index in [0.717, 1.165) is 33.7 Å². The van der Waals surface area contributed by atoms with Crippen molar-refractivity contribution >= 4 is 22.4 Å². The van der Waals surface area contributed by atoms with Crippen molar-refractivity contribution in [1.82, 2.24) is 19.1 Å². The molecule has 0 aliphatic carbocycles. The number of nitrogens with zero attached hydrogens (tertiary/aromatic N) is 4. The molecular weight excluding hydrogens is 270 g/mol. The monoisotopic (exact) mass is 285 g/mol. The lowest BCUT2D eigenvalue weighted by Gasteiger charge is -2.05. The molecule has 6 heteroatoms. The van der Waals surface area contributed by atoms with Gasteiger partial charge >= 0.3 is 0 Å². The molecule has 3 rings (SSSR count). The number of para-hydroxylation sites is 1. The largest absolute Gasteiger partial charge is 0.327 e. The topological polar surface area (TPSA) is 55.6 Å². The zero-order valence-electron chi connectivity index (χ0n) is 11.6. The van der Waals surface area contributed by atoms with Crippen molar-refractivity contribution in [3.8, 4) is 5.69 Å². The van der Waals surface area contributed by atoms with Gasteiger partial charge in [-0.05, 0) is 32.9 Å². The van der Waals surface area contributed by atoms with Crippen LogP contribution in [0.5, 0.6) is 0 Å². The molecule has 0 aliphatic heterocycles. The van der Waals surface area contributed by atoms with Crippen molar-refractivity contribution in [2.75, 3.05) is 5.32 Å². The molecule has 0 spiro atoms. The van der Waals surface area contributed by atoms with Gasteiger partial charge in [-0.1, -0.05) is 18.2 Å². The molecule has 1 N–H and O–H groups in total. The Hall–Kier alpha value is -2.21. The summed E-state index contributed by atoms with van der Waals surface area (Å²) in [6.07, 6.45) is 0. The van der Waals surface area contributed by atoms with E-state index in [0.29, 0.717) is 0 Å². The molecule has 2 heterocycles. The number of benzene rings is 1. The van der Waals surface area contributed by atoms with Crippen LogP contribution >= 0.6 is 11.5 Å². The Bertz CT molecular complexity index is 729. The Morgan fingerprint density at radius 3 is 2.50 bits per heavy atom. The van der Waals surface area contributed by atoms with Gasteiger partial charge in [0.05, 0.1) is 22.8 Å². The summed E-state index contributed by atoms with van der Waals surface area (Å²) in [5, 5.41) is 8.70. The molecule has 5 nitrogen and oxygen atoms in total. The maximum absolute atomic E-state index is 4.59. The fourth-order valence-electron chi connectivity index (χ4n) is 2.10. The van der Waals surface area contributed by atoms with E-state index in [1.165, 1.54) is 11.5 Å². The maximum Gasteiger partial charge on any atom is 0.207 e. The molecule has 0 radical (unpaired) electrons. The summed E-state index contributed by atoms with van der Waals surface area (Å²) in [7, 11) is 0. The first-order chi connectivity index (χ1) is 9.65. The Morgan fingerprint density at radius 1 is 1.10 bits per heavy atom. The van der Waals surface area contributed by atoms with Crippen LogP contribution in [0, 0.1) is 20.8 Å². The van der Waals surface area contributed by atoms with Crippen molar-refractivity contribution in [2.45, 2.75) is 20.8 Å². The first kappa shape index (κ1) is 12.8. The lowest BCUT2D eigenvalue weighted by atomic mass is 10.3. The molecule has 0 unspecified atom stereocenters. The minimum Gasteiger partial charge on any atom is -0.327 e. The molecule has 20 heavy (non-hydrogen) atoms. The van der Waals surface area contributed by atoms with Crippen LogP contribution in [0.2, 0.25) is 0 Å². The maximum atomic E-state index is 4.59. The van der Waals surface area contributed by atoms with Crippen LogP contribution in [0.4, 0.5) is 10.8 Å². The summed E-state index contributed by atoms with van der Waals surface area (Å²) < 4.78 is 6.11. The summed E-state index contributed by atoms with van der Waals surface area (Å²) in [4.78, 5) is 4.33. The molecule has 0 saturated carbocycles. The molecule has 1 aromatic carbocycles. The molecule has 2 aromatic heterocycles. The second-order valence-corrected chi connectivity index (χ2v) is 5.32. The quantitative estimate of drug-likeness (QED) is 0.801. The van der Waals surface area contributed by atoms with E-state index in [2.05, 4.69) is 19.8 Å². The van der Waals surface area contributed by atoms with E-state index in [1.54, 1.807) is 0 Å². The number of aryl methyl sites for hydroxylation is 2. The molecule has 0 amide bonds. The van der Waals surface area contributed by atoms with Gasteiger partial charge in [0.2, 0.25) is 5.13 Å². The smallest absolute Gasteiger partial charge is 0.207 e. The van der Waals surface area contributed by atoms with Gasteiger partial charge in [0.25, 0.3) is 0 Å². The number of hydrogen-bond acceptors (Lipinski definition) is 5. The first-order valence-electron chi connectivity index (χ1n) is 6.34. The van der Waals surface area contributed by atoms with Crippen LogP contribution in [0.25, 0.3) is 5.69 Å². The molecule has 0 fully saturated rings. The van der Waals surface area contributed by atoms with Crippen molar-refractivity contribution in [3.63, 3.8) is 0 Å². The third-order valence-corrected chi connectivity index (χ3v) is 3.77. The summed E-state index contributed by atoms with van der Waals surface area (Å²) in [5.41, 5.74) is 4.04. The standard InChI is InChI=1S/C14H15N5S/c1-9-13(16-14-15-11(3)18-20-14)10(2)19(17-9)12-7-5-4-6-8-12/h4-8H,1-3H3,(H,15,16,18). The van der Waals surface area contributed by atoms with Gasteiger partial charge in [-0.25, -0.2) is 9.67 Å². The lowest BCUT2D eigenvalue weighted by molar-refractivity contribution is 0.834. The normalized spacial score (nSPS) is 10.8. The van der Waals surface area contributed by atoms with Crippen LogP contribution in [0.3, 0.4) is 0 Å². The van der Waals surface area contributed by atoms with E-state index in [9.17, 15) is 0 Å². The molecular formula is C14H15N5S. The van der Waals surface area contributed by atoms with E-state index >= 15 is 0 Å². The highest BCUT2D eigenvalue weighted by Gasteiger charge is 2.14. The minimum absolute atomic E-state index is 0.781. The summed E-state index contributed by atoms with van der Waals surface area (Å²) >= 11 is 1.36. The second-order valence-electron chi connectivity index (χ2n) is 4.56. The van der Waals surface area contributed by atoms with Gasteiger partial charge in [0.1, 0.15) is 5.82 Å². The van der Waals surface area contributed by atoms with E-state index in [-0.39, 0.29) is 0 Å². The highest BCUT2D eigenvalue weighted by molar-refractivity contribution is 7.09. The molecule has 102 valence electrons. The Balaban J connectivity index is 1.99. The molecule has 3 aromatic rings. The van der Waals surface area contributed by atoms with Crippen molar-refractivity contribution in [2.24, 2.45) is 0 Å². The zero-order valence-corrected chi connectivity index (χ0v) is 12.4. The van der Waals surface area contributed by atoms with Gasteiger partial charge in [0, 0.05) is 11.5 Å². The van der Waals surface area contributed by atoms with Crippen LogP contribution in [-0.4, -0.2) is 19.1 Å². The van der Waals surface area contributed by atoms with Crippen LogP contribution in [0.15, 0.2) is 30.3 Å².